The van der Waals surface area contributed by atoms with Gasteiger partial charge >= 0.3 is 0 Å². The third-order valence-electron chi connectivity index (χ3n) is 1.39. The summed E-state index contributed by atoms with van der Waals surface area (Å²) >= 11 is 0. The van der Waals surface area contributed by atoms with Crippen LogP contribution in [0.15, 0.2) is 0 Å². The molecule has 0 rings (SSSR count). The largest absolute Gasteiger partial charge is 0.231 e. The van der Waals surface area contributed by atoms with E-state index in [2.05, 4.69) is 13.0 Å². The van der Waals surface area contributed by atoms with Crippen LogP contribution < -0.4 is 0 Å². The zero-order chi connectivity index (χ0) is 9.66. The second-order valence-corrected chi connectivity index (χ2v) is 2.42. The molecule has 0 aromatic carbocycles. The van der Waals surface area contributed by atoms with E-state index >= 15 is 0 Å². The van der Waals surface area contributed by atoms with Crippen molar-refractivity contribution in [2.75, 3.05) is 0 Å². The van der Waals surface area contributed by atoms with Crippen LogP contribution in [0.5, 0.6) is 0 Å². The van der Waals surface area contributed by atoms with Crippen LogP contribution in [0.1, 0.15) is 45.4 Å². The molecular weight excluding hydrogens is 152 g/mol. The van der Waals surface area contributed by atoms with Crippen molar-refractivity contribution in [2.24, 2.45) is 0 Å². The van der Waals surface area contributed by atoms with E-state index in [-0.39, 0.29) is 0 Å². The Hall–Kier alpha value is -1.13. The minimum atomic E-state index is 0.740. The molecular formula is C9H16N2O. The molecule has 0 fully saturated rings. The number of unbranched alkanes of at least 4 members (excludes halogenated alkanes) is 5. The van der Waals surface area contributed by atoms with Gasteiger partial charge in [0.05, 0.1) is 6.07 Å². The molecule has 3 nitrogen and oxygen atoms in total. The number of hydrogen-bond donors (Lipinski definition) is 1. The summed E-state index contributed by atoms with van der Waals surface area (Å²) in [6.07, 6.45) is 7.73. The van der Waals surface area contributed by atoms with E-state index in [1.54, 1.807) is 0 Å². The van der Waals surface area contributed by atoms with Crippen molar-refractivity contribution in [1.29, 1.82) is 10.7 Å². The molecule has 0 bridgehead atoms. The van der Waals surface area contributed by atoms with Crippen LogP contribution in [0.4, 0.5) is 0 Å². The molecule has 0 radical (unpaired) electrons. The predicted octanol–water partition coefficient (Wildman–Crippen LogP) is 2.77. The molecule has 0 aliphatic rings. The molecule has 0 amide bonds. The molecule has 68 valence electrons. The quantitative estimate of drug-likeness (QED) is 0.389. The fraction of sp³-hybridized carbons (Fsp3) is 0.778. The van der Waals surface area contributed by atoms with Crippen molar-refractivity contribution in [2.45, 2.75) is 45.4 Å². The van der Waals surface area contributed by atoms with E-state index in [4.69, 9.17) is 15.5 Å². The zero-order valence-electron chi connectivity index (χ0n) is 7.60. The van der Waals surface area contributed by atoms with Crippen molar-refractivity contribution < 1.29 is 4.79 Å². The number of hydrogen-bond acceptors (Lipinski definition) is 3. The minimum Gasteiger partial charge on any atom is -0.222 e. The fourth-order valence-corrected chi connectivity index (χ4v) is 0.808. The Balaban J connectivity index is 0. The van der Waals surface area contributed by atoms with Gasteiger partial charge in [-0.05, 0) is 6.42 Å². The molecule has 3 heteroatoms. The lowest BCUT2D eigenvalue weighted by Gasteiger charge is -1.92. The summed E-state index contributed by atoms with van der Waals surface area (Å²) < 4.78 is 0. The lowest BCUT2D eigenvalue weighted by molar-refractivity contribution is 0.563. The molecule has 12 heavy (non-hydrogen) atoms. The topological polar surface area (TPSA) is 64.7 Å². The summed E-state index contributed by atoms with van der Waals surface area (Å²) in [4.78, 5) is 8.35. The number of carbonyl (C=O) groups excluding carboxylic acids is 1. The van der Waals surface area contributed by atoms with E-state index in [0.29, 0.717) is 0 Å². The third kappa shape index (κ3) is 23.2. The van der Waals surface area contributed by atoms with Crippen molar-refractivity contribution >= 4 is 6.08 Å². The highest BCUT2D eigenvalue weighted by Crippen LogP contribution is 2.03. The summed E-state index contributed by atoms with van der Waals surface area (Å²) in [6.45, 7) is 2.20. The number of rotatable bonds is 5. The van der Waals surface area contributed by atoms with Crippen LogP contribution in [0, 0.1) is 16.7 Å². The van der Waals surface area contributed by atoms with Crippen LogP contribution >= 0.6 is 0 Å². The summed E-state index contributed by atoms with van der Waals surface area (Å²) in [5.41, 5.74) is 0. The number of nitrogens with zero attached hydrogens (tertiary/aromatic N) is 1. The summed E-state index contributed by atoms with van der Waals surface area (Å²) in [7, 11) is 0. The second kappa shape index (κ2) is 16.5. The van der Waals surface area contributed by atoms with Crippen LogP contribution in [-0.2, 0) is 4.79 Å². The van der Waals surface area contributed by atoms with E-state index in [9.17, 15) is 0 Å². The maximum Gasteiger partial charge on any atom is 0.231 e. The fourth-order valence-electron chi connectivity index (χ4n) is 0.808. The van der Waals surface area contributed by atoms with E-state index in [1.165, 1.54) is 25.7 Å². The number of nitrogens with one attached hydrogen (secondary N) is 1. The molecule has 0 aromatic rings. The van der Waals surface area contributed by atoms with Gasteiger partial charge in [-0.3, -0.25) is 0 Å². The van der Waals surface area contributed by atoms with Crippen molar-refractivity contribution in [1.82, 2.24) is 0 Å². The Kier molecular flexibility index (Phi) is 18.5. The molecule has 0 aliphatic carbocycles. The lowest BCUT2D eigenvalue weighted by Crippen LogP contribution is -1.75. The zero-order valence-corrected chi connectivity index (χ0v) is 7.60. The van der Waals surface area contributed by atoms with Crippen molar-refractivity contribution in [3.8, 4) is 6.07 Å². The smallest absolute Gasteiger partial charge is 0.222 e. The van der Waals surface area contributed by atoms with E-state index in [1.807, 2.05) is 0 Å². The van der Waals surface area contributed by atoms with E-state index in [0.717, 1.165) is 18.9 Å². The first kappa shape index (κ1) is 13.5. The first-order valence-corrected chi connectivity index (χ1v) is 4.24. The first-order chi connectivity index (χ1) is 5.83. The maximum absolute atomic E-state index is 8.35. The molecule has 0 saturated carbocycles. The standard InChI is InChI=1S/C8H15N.CHNO/c1-2-3-4-5-6-7-8-9;2-1-3/h2-7H2,1H3;2H. The van der Waals surface area contributed by atoms with Gasteiger partial charge in [-0.25, -0.2) is 10.2 Å². The average Bonchev–Trinajstić information content (AvgIpc) is 2.06. The molecule has 0 unspecified atom stereocenters. The Bertz CT molecular complexity index is 143. The van der Waals surface area contributed by atoms with Gasteiger partial charge < -0.3 is 0 Å². The normalized spacial score (nSPS) is 7.33. The SMILES string of the molecule is CCCCCCCC#N.N=C=O. The highest BCUT2D eigenvalue weighted by atomic mass is 16.1. The Morgan fingerprint density at radius 1 is 1.25 bits per heavy atom. The highest BCUT2D eigenvalue weighted by molar-refractivity contribution is 5.26. The maximum atomic E-state index is 8.35. The Morgan fingerprint density at radius 3 is 2.17 bits per heavy atom. The first-order valence-electron chi connectivity index (χ1n) is 4.24. The van der Waals surface area contributed by atoms with Crippen LogP contribution in [0.25, 0.3) is 0 Å². The molecule has 1 N–H and O–H groups in total. The van der Waals surface area contributed by atoms with Crippen molar-refractivity contribution in [3.63, 3.8) is 0 Å². The highest BCUT2D eigenvalue weighted by Gasteiger charge is 1.85. The molecule has 0 atom stereocenters. The Labute approximate surface area is 73.9 Å². The van der Waals surface area contributed by atoms with E-state index < -0.39 is 0 Å². The van der Waals surface area contributed by atoms with Crippen LogP contribution in [0.3, 0.4) is 0 Å². The summed E-state index contributed by atoms with van der Waals surface area (Å²) in [5.74, 6) is 0. The van der Waals surface area contributed by atoms with Crippen LogP contribution in [0.2, 0.25) is 0 Å². The summed E-state index contributed by atoms with van der Waals surface area (Å²) in [6, 6.07) is 2.14. The van der Waals surface area contributed by atoms with Gasteiger partial charge in [0.25, 0.3) is 0 Å². The summed E-state index contributed by atoms with van der Waals surface area (Å²) in [5, 5.41) is 13.6. The molecule has 0 saturated heterocycles. The predicted molar refractivity (Wildman–Crippen MR) is 47.4 cm³/mol. The molecule has 0 aliphatic heterocycles. The minimum absolute atomic E-state index is 0.740. The molecule has 0 heterocycles. The van der Waals surface area contributed by atoms with Gasteiger partial charge in [0, 0.05) is 6.42 Å². The van der Waals surface area contributed by atoms with Crippen LogP contribution in [-0.4, -0.2) is 6.08 Å². The second-order valence-electron chi connectivity index (χ2n) is 2.42. The molecule has 0 aromatic heterocycles. The molecule has 0 spiro atoms. The Morgan fingerprint density at radius 2 is 1.75 bits per heavy atom. The van der Waals surface area contributed by atoms with Gasteiger partial charge in [0.2, 0.25) is 6.08 Å². The van der Waals surface area contributed by atoms with Gasteiger partial charge in [0.1, 0.15) is 0 Å². The third-order valence-corrected chi connectivity index (χ3v) is 1.39. The van der Waals surface area contributed by atoms with Gasteiger partial charge in [-0.2, -0.15) is 5.26 Å². The number of isocyanates is 1. The lowest BCUT2D eigenvalue weighted by atomic mass is 10.1. The van der Waals surface area contributed by atoms with Crippen molar-refractivity contribution in [3.05, 3.63) is 0 Å². The monoisotopic (exact) mass is 168 g/mol. The number of nitriles is 1. The average molecular weight is 168 g/mol. The van der Waals surface area contributed by atoms with Gasteiger partial charge in [-0.1, -0.05) is 32.6 Å². The van der Waals surface area contributed by atoms with Gasteiger partial charge in [0.15, 0.2) is 0 Å². The van der Waals surface area contributed by atoms with Gasteiger partial charge in [-0.15, -0.1) is 0 Å².